The lowest BCUT2D eigenvalue weighted by molar-refractivity contribution is -0.142. The second-order valence-corrected chi connectivity index (χ2v) is 8.06. The number of benzene rings is 1. The third-order valence-corrected chi connectivity index (χ3v) is 5.79. The van der Waals surface area contributed by atoms with E-state index in [1.54, 1.807) is 13.0 Å². The number of rotatable bonds is 9. The molecule has 8 heteroatoms. The number of esters is 1. The Labute approximate surface area is 174 Å². The molecule has 152 valence electrons. The minimum absolute atomic E-state index is 0.0930. The van der Waals surface area contributed by atoms with Crippen LogP contribution in [-0.4, -0.2) is 36.9 Å². The number of carbonyl (C=O) groups excluding carboxylic acids is 2. The van der Waals surface area contributed by atoms with Crippen molar-refractivity contribution < 1.29 is 19.4 Å². The number of aliphatic hydroxyl groups excluding tert-OH is 1. The van der Waals surface area contributed by atoms with Gasteiger partial charge in [-0.05, 0) is 53.4 Å². The molecule has 6 nitrogen and oxygen atoms in total. The first kappa shape index (κ1) is 23.7. The predicted molar refractivity (Wildman–Crippen MR) is 110 cm³/mol. The first-order valence-corrected chi connectivity index (χ1v) is 10.1. The van der Waals surface area contributed by atoms with Crippen LogP contribution in [0.1, 0.15) is 39.7 Å². The zero-order chi connectivity index (χ0) is 20.6. The Kier molecular flexibility index (Phi) is 9.56. The predicted octanol–water partition coefficient (Wildman–Crippen LogP) is 3.83. The molecule has 1 aromatic carbocycles. The molecule has 1 unspecified atom stereocenters. The first-order chi connectivity index (χ1) is 12.7. The number of amides is 2. The number of hydrogen-bond donors (Lipinski definition) is 3. The van der Waals surface area contributed by atoms with E-state index in [2.05, 4.69) is 26.6 Å². The average Bonchev–Trinajstić information content (AvgIpc) is 2.57. The Morgan fingerprint density at radius 1 is 1.37 bits per heavy atom. The molecule has 0 radical (unpaired) electrons. The van der Waals surface area contributed by atoms with Gasteiger partial charge in [0.15, 0.2) is 0 Å². The summed E-state index contributed by atoms with van der Waals surface area (Å²) in [5, 5.41) is 16.1. The van der Waals surface area contributed by atoms with E-state index >= 15 is 0 Å². The van der Waals surface area contributed by atoms with Crippen molar-refractivity contribution in [3.05, 3.63) is 33.3 Å². The van der Waals surface area contributed by atoms with Crippen LogP contribution in [0.15, 0.2) is 22.7 Å². The lowest BCUT2D eigenvalue weighted by atomic mass is 9.74. The molecule has 0 aromatic heterocycles. The van der Waals surface area contributed by atoms with Crippen molar-refractivity contribution in [1.29, 1.82) is 0 Å². The van der Waals surface area contributed by atoms with Gasteiger partial charge >= 0.3 is 12.0 Å². The van der Waals surface area contributed by atoms with Gasteiger partial charge in [0.2, 0.25) is 0 Å². The molecule has 0 spiro atoms. The van der Waals surface area contributed by atoms with E-state index in [1.165, 1.54) is 0 Å². The second kappa shape index (κ2) is 10.9. The number of aliphatic hydroxyl groups is 1. The zero-order valence-corrected chi connectivity index (χ0v) is 18.5. The van der Waals surface area contributed by atoms with Crippen LogP contribution in [0.4, 0.5) is 4.79 Å². The van der Waals surface area contributed by atoms with E-state index in [9.17, 15) is 14.7 Å². The van der Waals surface area contributed by atoms with Gasteiger partial charge in [0, 0.05) is 23.5 Å². The molecule has 0 heterocycles. The van der Waals surface area contributed by atoms with Gasteiger partial charge in [-0.1, -0.05) is 31.5 Å². The average molecular weight is 464 g/mol. The highest BCUT2D eigenvalue weighted by Crippen LogP contribution is 2.37. The third kappa shape index (κ3) is 6.66. The van der Waals surface area contributed by atoms with E-state index in [1.807, 2.05) is 32.9 Å². The van der Waals surface area contributed by atoms with E-state index in [4.69, 9.17) is 16.3 Å². The molecule has 27 heavy (non-hydrogen) atoms. The minimum Gasteiger partial charge on any atom is -0.466 e. The topological polar surface area (TPSA) is 87.7 Å². The number of nitrogens with one attached hydrogen (secondary N) is 2. The van der Waals surface area contributed by atoms with Crippen LogP contribution >= 0.6 is 27.5 Å². The van der Waals surface area contributed by atoms with Crippen molar-refractivity contribution in [3.63, 3.8) is 0 Å². The molecule has 0 aliphatic heterocycles. The first-order valence-electron chi connectivity index (χ1n) is 8.93. The maximum absolute atomic E-state index is 12.5. The number of ether oxygens (including phenoxy) is 1. The Morgan fingerprint density at radius 3 is 2.56 bits per heavy atom. The van der Waals surface area contributed by atoms with Crippen LogP contribution in [0.25, 0.3) is 0 Å². The number of urea groups is 1. The highest BCUT2D eigenvalue weighted by Gasteiger charge is 2.39. The summed E-state index contributed by atoms with van der Waals surface area (Å²) in [6, 6.07) is 5.01. The monoisotopic (exact) mass is 462 g/mol. The second-order valence-electron chi connectivity index (χ2n) is 6.80. The number of halogens is 2. The van der Waals surface area contributed by atoms with Crippen molar-refractivity contribution in [2.24, 2.45) is 11.8 Å². The van der Waals surface area contributed by atoms with Gasteiger partial charge in [0.25, 0.3) is 0 Å². The fourth-order valence-corrected chi connectivity index (χ4v) is 3.48. The highest BCUT2D eigenvalue weighted by molar-refractivity contribution is 9.10. The van der Waals surface area contributed by atoms with E-state index in [0.717, 1.165) is 10.0 Å². The Bertz CT molecular complexity index is 657. The number of hydrogen-bond acceptors (Lipinski definition) is 4. The zero-order valence-electron chi connectivity index (χ0n) is 16.1. The van der Waals surface area contributed by atoms with Crippen molar-refractivity contribution in [2.45, 2.75) is 39.7 Å². The van der Waals surface area contributed by atoms with Gasteiger partial charge in [-0.25, -0.2) is 4.79 Å². The minimum atomic E-state index is -0.860. The summed E-state index contributed by atoms with van der Waals surface area (Å²) in [4.78, 5) is 23.9. The Hall–Kier alpha value is -1.31. The van der Waals surface area contributed by atoms with Crippen molar-refractivity contribution in [1.82, 2.24) is 10.6 Å². The fourth-order valence-electron chi connectivity index (χ4n) is 3.05. The van der Waals surface area contributed by atoms with Gasteiger partial charge in [-0.3, -0.25) is 4.79 Å². The summed E-state index contributed by atoms with van der Waals surface area (Å²) in [6.45, 7) is 7.92. The molecule has 0 saturated carbocycles. The van der Waals surface area contributed by atoms with Crippen LogP contribution in [0.3, 0.4) is 0 Å². The van der Waals surface area contributed by atoms with Gasteiger partial charge in [-0.2, -0.15) is 0 Å². The summed E-state index contributed by atoms with van der Waals surface area (Å²) >= 11 is 9.61. The summed E-state index contributed by atoms with van der Waals surface area (Å²) < 4.78 is 5.59. The molecular weight excluding hydrogens is 436 g/mol. The van der Waals surface area contributed by atoms with Crippen LogP contribution in [0.5, 0.6) is 0 Å². The molecule has 3 N–H and O–H groups in total. The Balaban J connectivity index is 3.00. The van der Waals surface area contributed by atoms with Gasteiger partial charge in [0.1, 0.15) is 0 Å². The maximum atomic E-state index is 12.5. The van der Waals surface area contributed by atoms with Crippen molar-refractivity contribution in [3.8, 4) is 0 Å². The Morgan fingerprint density at radius 2 is 2.04 bits per heavy atom. The summed E-state index contributed by atoms with van der Waals surface area (Å²) in [6.07, 6.45) is 0.0930. The van der Waals surface area contributed by atoms with Crippen LogP contribution < -0.4 is 10.6 Å². The van der Waals surface area contributed by atoms with Crippen LogP contribution in [0, 0.1) is 11.8 Å². The summed E-state index contributed by atoms with van der Waals surface area (Å²) in [7, 11) is 0. The summed E-state index contributed by atoms with van der Waals surface area (Å²) in [5.74, 6) is -0.511. The molecule has 1 rings (SSSR count). The highest BCUT2D eigenvalue weighted by atomic mass is 79.9. The molecule has 2 amide bonds. The number of carbonyl (C=O) groups is 2. The van der Waals surface area contributed by atoms with E-state index in [-0.39, 0.29) is 37.4 Å². The molecular formula is C19H28BrClN2O4. The smallest absolute Gasteiger partial charge is 0.315 e. The molecule has 0 aliphatic carbocycles. The fraction of sp³-hybridized carbons (Fsp3) is 0.579. The van der Waals surface area contributed by atoms with Gasteiger partial charge < -0.3 is 20.5 Å². The maximum Gasteiger partial charge on any atom is 0.315 e. The SMILES string of the molecule is CCOC(=O)CCNC(=O)NC(C)(c1ccc(Br)c(Cl)c1)[C@H](CO)C(C)C. The third-order valence-electron chi connectivity index (χ3n) is 4.56. The van der Waals surface area contributed by atoms with Crippen LogP contribution in [-0.2, 0) is 15.1 Å². The standard InChI is InChI=1S/C19H28BrClN2O4/c1-5-27-17(25)8-9-22-18(26)23-19(4,14(11-24)12(2)3)13-6-7-15(20)16(21)10-13/h6-7,10,12,14,24H,5,8-9,11H2,1-4H3,(H2,22,23,26)/t14-,19?/m1/s1. The van der Waals surface area contributed by atoms with Gasteiger partial charge in [-0.15, -0.1) is 0 Å². The molecule has 1 aromatic rings. The van der Waals surface area contributed by atoms with E-state index < -0.39 is 11.6 Å². The van der Waals surface area contributed by atoms with Crippen LogP contribution in [0.2, 0.25) is 5.02 Å². The lowest BCUT2D eigenvalue weighted by Gasteiger charge is -2.40. The van der Waals surface area contributed by atoms with E-state index in [0.29, 0.717) is 11.6 Å². The molecule has 0 aliphatic rings. The van der Waals surface area contributed by atoms with Crippen molar-refractivity contribution >= 4 is 39.5 Å². The normalized spacial score (nSPS) is 14.4. The van der Waals surface area contributed by atoms with Gasteiger partial charge in [0.05, 0.1) is 23.6 Å². The molecule has 2 atom stereocenters. The molecule has 0 bridgehead atoms. The largest absolute Gasteiger partial charge is 0.466 e. The molecule has 0 fully saturated rings. The van der Waals surface area contributed by atoms with Crippen molar-refractivity contribution in [2.75, 3.05) is 19.8 Å². The summed E-state index contributed by atoms with van der Waals surface area (Å²) in [5.41, 5.74) is -0.0784. The quantitative estimate of drug-likeness (QED) is 0.486. The lowest BCUT2D eigenvalue weighted by Crippen LogP contribution is -2.54. The molecule has 0 saturated heterocycles.